The van der Waals surface area contributed by atoms with E-state index in [-0.39, 0.29) is 0 Å². The van der Waals surface area contributed by atoms with E-state index in [9.17, 15) is 0 Å². The molecule has 1 aromatic carbocycles. The third-order valence-electron chi connectivity index (χ3n) is 2.79. The summed E-state index contributed by atoms with van der Waals surface area (Å²) >= 11 is 5.98. The summed E-state index contributed by atoms with van der Waals surface area (Å²) in [6.45, 7) is 6.45. The van der Waals surface area contributed by atoms with Gasteiger partial charge in [-0.15, -0.1) is 0 Å². The smallest absolute Gasteiger partial charge is 0.0656 e. The number of hydrogen-bond acceptors (Lipinski definition) is 1. The van der Waals surface area contributed by atoms with E-state index in [2.05, 4.69) is 25.8 Å². The number of H-pyrrole nitrogens is 1. The Hall–Kier alpha value is -1.15. The lowest BCUT2D eigenvalue weighted by Gasteiger charge is -2.02. The van der Waals surface area contributed by atoms with Crippen molar-refractivity contribution in [3.8, 4) is 0 Å². The fourth-order valence-electron chi connectivity index (χ4n) is 1.96. The molecular formula is C12H15ClN2. The van der Waals surface area contributed by atoms with E-state index in [1.165, 1.54) is 16.6 Å². The Kier molecular flexibility index (Phi) is 2.39. The molecule has 0 unspecified atom stereocenters. The first-order valence-corrected chi connectivity index (χ1v) is 5.45. The number of nitrogens with two attached hydrogens (primary N) is 1. The van der Waals surface area contributed by atoms with Crippen LogP contribution in [0, 0.1) is 6.92 Å². The van der Waals surface area contributed by atoms with Crippen LogP contribution >= 0.6 is 11.6 Å². The summed E-state index contributed by atoms with van der Waals surface area (Å²) in [5.41, 5.74) is 10.0. The number of hydrogen-bond donors (Lipinski definition) is 2. The fourth-order valence-corrected chi connectivity index (χ4v) is 2.13. The predicted molar refractivity (Wildman–Crippen MR) is 66.5 cm³/mol. The Bertz CT molecular complexity index is 512. The quantitative estimate of drug-likeness (QED) is 0.708. The second-order valence-electron chi connectivity index (χ2n) is 4.24. The van der Waals surface area contributed by atoms with Gasteiger partial charge in [-0.05, 0) is 30.5 Å². The van der Waals surface area contributed by atoms with Crippen LogP contribution in [-0.2, 0) is 0 Å². The maximum atomic E-state index is 5.98. The number of halogens is 1. The number of aromatic amines is 1. The van der Waals surface area contributed by atoms with Crippen LogP contribution in [-0.4, -0.2) is 4.98 Å². The Labute approximate surface area is 94.4 Å². The third kappa shape index (κ3) is 1.59. The minimum Gasteiger partial charge on any atom is -0.398 e. The summed E-state index contributed by atoms with van der Waals surface area (Å²) in [6, 6.07) is 3.83. The van der Waals surface area contributed by atoms with Gasteiger partial charge in [-0.1, -0.05) is 25.4 Å². The van der Waals surface area contributed by atoms with Gasteiger partial charge >= 0.3 is 0 Å². The second-order valence-corrected chi connectivity index (χ2v) is 4.64. The minimum absolute atomic E-state index is 0.484. The average molecular weight is 223 g/mol. The SMILES string of the molecule is Cc1c(C(C)C)[nH]c2cc(Cl)c(N)cc12. The summed E-state index contributed by atoms with van der Waals surface area (Å²) < 4.78 is 0. The third-order valence-corrected chi connectivity index (χ3v) is 3.12. The van der Waals surface area contributed by atoms with E-state index >= 15 is 0 Å². The minimum atomic E-state index is 0.484. The lowest BCUT2D eigenvalue weighted by Crippen LogP contribution is -1.89. The van der Waals surface area contributed by atoms with Crippen molar-refractivity contribution >= 4 is 28.2 Å². The van der Waals surface area contributed by atoms with Gasteiger partial charge in [0.2, 0.25) is 0 Å². The molecule has 2 aromatic rings. The molecule has 0 atom stereocenters. The van der Waals surface area contributed by atoms with Crippen LogP contribution in [0.25, 0.3) is 10.9 Å². The van der Waals surface area contributed by atoms with Crippen LogP contribution in [0.4, 0.5) is 5.69 Å². The van der Waals surface area contributed by atoms with Gasteiger partial charge in [0.05, 0.1) is 10.7 Å². The van der Waals surface area contributed by atoms with Gasteiger partial charge in [-0.2, -0.15) is 0 Å². The number of nitrogens with one attached hydrogen (secondary N) is 1. The van der Waals surface area contributed by atoms with E-state index in [1.54, 1.807) is 0 Å². The molecule has 2 rings (SSSR count). The van der Waals surface area contributed by atoms with Crippen molar-refractivity contribution < 1.29 is 0 Å². The lowest BCUT2D eigenvalue weighted by molar-refractivity contribution is 0.828. The van der Waals surface area contributed by atoms with Crippen LogP contribution in [0.2, 0.25) is 5.02 Å². The molecule has 0 bridgehead atoms. The summed E-state index contributed by atoms with van der Waals surface area (Å²) in [6.07, 6.45) is 0. The first kappa shape index (κ1) is 10.4. The molecule has 15 heavy (non-hydrogen) atoms. The lowest BCUT2D eigenvalue weighted by atomic mass is 10.0. The first-order valence-electron chi connectivity index (χ1n) is 5.08. The number of aromatic nitrogens is 1. The Morgan fingerprint density at radius 2 is 2.00 bits per heavy atom. The van der Waals surface area contributed by atoms with Crippen molar-refractivity contribution in [1.29, 1.82) is 0 Å². The second kappa shape index (κ2) is 3.46. The molecule has 2 nitrogen and oxygen atoms in total. The van der Waals surface area contributed by atoms with Crippen LogP contribution in [0.5, 0.6) is 0 Å². The van der Waals surface area contributed by atoms with Gasteiger partial charge in [0, 0.05) is 16.6 Å². The standard InChI is InChI=1S/C12H15ClN2/c1-6(2)12-7(3)8-4-10(14)9(13)5-11(8)15-12/h4-6,15H,14H2,1-3H3. The van der Waals surface area contributed by atoms with Crippen molar-refractivity contribution in [3.05, 3.63) is 28.4 Å². The van der Waals surface area contributed by atoms with E-state index in [4.69, 9.17) is 17.3 Å². The number of fused-ring (bicyclic) bond motifs is 1. The Morgan fingerprint density at radius 3 is 2.60 bits per heavy atom. The number of rotatable bonds is 1. The van der Waals surface area contributed by atoms with Gasteiger partial charge in [0.15, 0.2) is 0 Å². The molecule has 3 N–H and O–H groups in total. The maximum Gasteiger partial charge on any atom is 0.0656 e. The van der Waals surface area contributed by atoms with Crippen molar-refractivity contribution in [2.75, 3.05) is 5.73 Å². The van der Waals surface area contributed by atoms with E-state index in [1.807, 2.05) is 12.1 Å². The Balaban J connectivity index is 2.77. The molecule has 0 saturated heterocycles. The molecule has 0 saturated carbocycles. The van der Waals surface area contributed by atoms with Crippen LogP contribution in [0.1, 0.15) is 31.0 Å². The number of aryl methyl sites for hydroxylation is 1. The monoisotopic (exact) mass is 222 g/mol. The number of nitrogen functional groups attached to an aromatic ring is 1. The molecule has 0 aliphatic rings. The number of benzene rings is 1. The summed E-state index contributed by atoms with van der Waals surface area (Å²) in [5.74, 6) is 0.484. The molecule has 0 aliphatic carbocycles. The van der Waals surface area contributed by atoms with Gasteiger partial charge in [-0.25, -0.2) is 0 Å². The van der Waals surface area contributed by atoms with Crippen LogP contribution in [0.15, 0.2) is 12.1 Å². The van der Waals surface area contributed by atoms with E-state index < -0.39 is 0 Å². The van der Waals surface area contributed by atoms with Crippen LogP contribution in [0.3, 0.4) is 0 Å². The van der Waals surface area contributed by atoms with Gasteiger partial charge in [-0.3, -0.25) is 0 Å². The molecule has 3 heteroatoms. The number of anilines is 1. The molecule has 0 radical (unpaired) electrons. The molecule has 0 aliphatic heterocycles. The van der Waals surface area contributed by atoms with E-state index in [0.717, 1.165) is 5.52 Å². The van der Waals surface area contributed by atoms with Crippen molar-refractivity contribution in [2.45, 2.75) is 26.7 Å². The zero-order valence-corrected chi connectivity index (χ0v) is 9.94. The van der Waals surface area contributed by atoms with Crippen molar-refractivity contribution in [3.63, 3.8) is 0 Å². The zero-order chi connectivity index (χ0) is 11.2. The summed E-state index contributed by atoms with van der Waals surface area (Å²) in [4.78, 5) is 3.39. The molecule has 0 spiro atoms. The molecule has 0 amide bonds. The predicted octanol–water partition coefficient (Wildman–Crippen LogP) is 3.84. The van der Waals surface area contributed by atoms with Gasteiger partial charge in [0.25, 0.3) is 0 Å². The highest BCUT2D eigenvalue weighted by atomic mass is 35.5. The fraction of sp³-hybridized carbons (Fsp3) is 0.333. The average Bonchev–Trinajstić information content (AvgIpc) is 2.46. The highest BCUT2D eigenvalue weighted by Gasteiger charge is 2.11. The normalized spacial score (nSPS) is 11.5. The topological polar surface area (TPSA) is 41.8 Å². The van der Waals surface area contributed by atoms with E-state index in [0.29, 0.717) is 16.6 Å². The zero-order valence-electron chi connectivity index (χ0n) is 9.19. The summed E-state index contributed by atoms with van der Waals surface area (Å²) in [5, 5.41) is 1.78. The largest absolute Gasteiger partial charge is 0.398 e. The highest BCUT2D eigenvalue weighted by molar-refractivity contribution is 6.33. The van der Waals surface area contributed by atoms with Gasteiger partial charge < -0.3 is 10.7 Å². The maximum absolute atomic E-state index is 5.98. The van der Waals surface area contributed by atoms with Crippen LogP contribution < -0.4 is 5.73 Å². The van der Waals surface area contributed by atoms with Crippen molar-refractivity contribution in [1.82, 2.24) is 4.98 Å². The van der Waals surface area contributed by atoms with Gasteiger partial charge in [0.1, 0.15) is 0 Å². The molecular weight excluding hydrogens is 208 g/mol. The van der Waals surface area contributed by atoms with Crippen molar-refractivity contribution in [2.24, 2.45) is 0 Å². The molecule has 1 aromatic heterocycles. The summed E-state index contributed by atoms with van der Waals surface area (Å²) in [7, 11) is 0. The Morgan fingerprint density at radius 1 is 1.33 bits per heavy atom. The molecule has 1 heterocycles. The molecule has 0 fully saturated rings. The highest BCUT2D eigenvalue weighted by Crippen LogP contribution is 2.31. The molecule has 80 valence electrons. The first-order chi connectivity index (χ1) is 7.00.